The van der Waals surface area contributed by atoms with Gasteiger partial charge in [0.05, 0.1) is 0 Å². The minimum Gasteiger partial charge on any atom is -0.261 e. The smallest absolute Gasteiger partial charge is 0.0169 e. The lowest BCUT2D eigenvalue weighted by molar-refractivity contribution is 0.385. The van der Waals surface area contributed by atoms with Gasteiger partial charge in [-0.25, -0.2) is 0 Å². The molecule has 2 heteroatoms. The predicted octanol–water partition coefficient (Wildman–Crippen LogP) is 3.53. The highest BCUT2D eigenvalue weighted by Gasteiger charge is 2.05. The fourth-order valence-electron chi connectivity index (χ4n) is 1.31. The molecular weight excluding hydrogens is 249 g/mol. The summed E-state index contributed by atoms with van der Waals surface area (Å²) < 4.78 is 2.90. The normalized spacial score (nSPS) is 18.8. The third-order valence-electron chi connectivity index (χ3n) is 2.03. The first kappa shape index (κ1) is 11.7. The van der Waals surface area contributed by atoms with Crippen molar-refractivity contribution in [1.82, 2.24) is 3.53 Å². The third kappa shape index (κ3) is 8.60. The van der Waals surface area contributed by atoms with E-state index in [-0.39, 0.29) is 0 Å². The van der Waals surface area contributed by atoms with Crippen molar-refractivity contribution in [2.24, 2.45) is 5.92 Å². The zero-order valence-electron chi connectivity index (χ0n) is 7.70. The van der Waals surface area contributed by atoms with E-state index < -0.39 is 0 Å². The summed E-state index contributed by atoms with van der Waals surface area (Å²) in [5, 5.41) is 0. The Balaban J connectivity index is 0.000000218. The fraction of sp³-hybridized carbons (Fsp3) is 1.00. The van der Waals surface area contributed by atoms with Crippen molar-refractivity contribution in [2.75, 3.05) is 6.54 Å². The molecule has 0 spiro atoms. The van der Waals surface area contributed by atoms with Crippen LogP contribution in [0.2, 0.25) is 0 Å². The molecule has 0 radical (unpaired) electrons. The Kier molecular flexibility index (Phi) is 9.33. The number of rotatable bonds is 1. The Bertz CT molecular complexity index is 68.0. The van der Waals surface area contributed by atoms with Gasteiger partial charge in [-0.1, -0.05) is 46.0 Å². The van der Waals surface area contributed by atoms with Crippen molar-refractivity contribution in [3.8, 4) is 0 Å². The average molecular weight is 269 g/mol. The molecule has 1 aliphatic rings. The van der Waals surface area contributed by atoms with E-state index in [1.54, 1.807) is 0 Å². The monoisotopic (exact) mass is 269 g/mol. The van der Waals surface area contributed by atoms with E-state index in [1.165, 1.54) is 32.1 Å². The van der Waals surface area contributed by atoms with Crippen LogP contribution in [0.5, 0.6) is 0 Å². The van der Waals surface area contributed by atoms with Gasteiger partial charge in [0.2, 0.25) is 0 Å². The van der Waals surface area contributed by atoms with Gasteiger partial charge in [0.1, 0.15) is 0 Å². The molecule has 0 aromatic rings. The Morgan fingerprint density at radius 1 is 1.27 bits per heavy atom. The summed E-state index contributed by atoms with van der Waals surface area (Å²) in [5.41, 5.74) is 0. The third-order valence-corrected chi connectivity index (χ3v) is 2.79. The van der Waals surface area contributed by atoms with E-state index in [1.807, 2.05) is 0 Å². The van der Waals surface area contributed by atoms with Gasteiger partial charge in [0.15, 0.2) is 0 Å². The summed E-state index contributed by atoms with van der Waals surface area (Å²) in [6.45, 7) is 5.48. The van der Waals surface area contributed by atoms with E-state index >= 15 is 0 Å². The van der Waals surface area contributed by atoms with Crippen LogP contribution in [0.1, 0.15) is 46.0 Å². The van der Waals surface area contributed by atoms with Crippen LogP contribution in [0, 0.1) is 5.92 Å². The van der Waals surface area contributed by atoms with Gasteiger partial charge in [-0.15, -0.1) is 0 Å². The molecule has 0 aliphatic heterocycles. The molecule has 0 heterocycles. The fourth-order valence-corrected chi connectivity index (χ4v) is 1.31. The van der Waals surface area contributed by atoms with Crippen molar-refractivity contribution in [2.45, 2.75) is 46.0 Å². The molecule has 1 rings (SSSR count). The minimum absolute atomic E-state index is 1.04. The number of nitrogens with one attached hydrogen (secondary N) is 1. The van der Waals surface area contributed by atoms with Gasteiger partial charge < -0.3 is 0 Å². The van der Waals surface area contributed by atoms with Crippen molar-refractivity contribution in [3.05, 3.63) is 0 Å². The quantitative estimate of drug-likeness (QED) is 0.567. The second-order valence-corrected chi connectivity index (χ2v) is 3.99. The Hall–Kier alpha value is 0.690. The molecule has 11 heavy (non-hydrogen) atoms. The first-order chi connectivity index (χ1) is 5.31. The molecule has 1 saturated carbocycles. The highest BCUT2D eigenvalue weighted by atomic mass is 127. The van der Waals surface area contributed by atoms with Gasteiger partial charge in [-0.3, -0.25) is 3.53 Å². The van der Waals surface area contributed by atoms with E-state index in [4.69, 9.17) is 0 Å². The maximum absolute atomic E-state index is 2.90. The molecule has 0 amide bonds. The Morgan fingerprint density at radius 3 is 1.91 bits per heavy atom. The largest absolute Gasteiger partial charge is 0.261 e. The standard InChI is InChI=1S/C7H14.C2H6IN/c1-7-5-3-2-4-6-7;1-2-4-3/h7H,2-6H2,1H3;4H,2H2,1H3. The lowest BCUT2D eigenvalue weighted by Crippen LogP contribution is -1.99. The van der Waals surface area contributed by atoms with E-state index in [0.717, 1.165) is 12.5 Å². The summed E-state index contributed by atoms with van der Waals surface area (Å²) in [7, 11) is 0. The van der Waals surface area contributed by atoms with Crippen molar-refractivity contribution >= 4 is 22.9 Å². The lowest BCUT2D eigenvalue weighted by Gasteiger charge is -2.15. The molecular formula is C9H20IN. The van der Waals surface area contributed by atoms with Crippen LogP contribution in [-0.4, -0.2) is 6.54 Å². The van der Waals surface area contributed by atoms with Crippen LogP contribution >= 0.6 is 22.9 Å². The first-order valence-electron chi connectivity index (χ1n) is 4.64. The van der Waals surface area contributed by atoms with Crippen LogP contribution in [0.3, 0.4) is 0 Å². The van der Waals surface area contributed by atoms with Crippen LogP contribution in [-0.2, 0) is 0 Å². The summed E-state index contributed by atoms with van der Waals surface area (Å²) in [4.78, 5) is 0. The molecule has 0 saturated heterocycles. The van der Waals surface area contributed by atoms with Gasteiger partial charge in [0, 0.05) is 29.4 Å². The second-order valence-electron chi connectivity index (χ2n) is 3.23. The predicted molar refractivity (Wildman–Crippen MR) is 59.9 cm³/mol. The van der Waals surface area contributed by atoms with Gasteiger partial charge >= 0.3 is 0 Å². The Labute approximate surface area is 84.8 Å². The summed E-state index contributed by atoms with van der Waals surface area (Å²) in [6.07, 6.45) is 7.44. The maximum Gasteiger partial charge on any atom is 0.0169 e. The molecule has 1 aliphatic carbocycles. The molecule has 0 atom stereocenters. The molecule has 1 fully saturated rings. The summed E-state index contributed by atoms with van der Waals surface area (Å²) >= 11 is 2.10. The van der Waals surface area contributed by atoms with Crippen molar-refractivity contribution in [1.29, 1.82) is 0 Å². The second kappa shape index (κ2) is 8.78. The maximum atomic E-state index is 2.90. The Morgan fingerprint density at radius 2 is 1.73 bits per heavy atom. The van der Waals surface area contributed by atoms with Gasteiger partial charge in [-0.2, -0.15) is 0 Å². The number of hydrogen-bond donors (Lipinski definition) is 1. The van der Waals surface area contributed by atoms with Gasteiger partial charge in [-0.05, 0) is 5.92 Å². The van der Waals surface area contributed by atoms with Crippen LogP contribution < -0.4 is 3.53 Å². The molecule has 0 aromatic carbocycles. The highest BCUT2D eigenvalue weighted by molar-refractivity contribution is 14.1. The van der Waals surface area contributed by atoms with E-state index in [2.05, 4.69) is 40.2 Å². The van der Waals surface area contributed by atoms with Crippen LogP contribution in [0.25, 0.3) is 0 Å². The van der Waals surface area contributed by atoms with Crippen LogP contribution in [0.4, 0.5) is 0 Å². The zero-order valence-corrected chi connectivity index (χ0v) is 9.86. The summed E-state index contributed by atoms with van der Waals surface area (Å²) in [6, 6.07) is 0. The lowest BCUT2D eigenvalue weighted by atomic mass is 9.91. The van der Waals surface area contributed by atoms with Crippen molar-refractivity contribution < 1.29 is 0 Å². The number of hydrogen-bond acceptors (Lipinski definition) is 1. The van der Waals surface area contributed by atoms with E-state index in [9.17, 15) is 0 Å². The summed E-state index contributed by atoms with van der Waals surface area (Å²) in [5.74, 6) is 1.04. The molecule has 1 nitrogen and oxygen atoms in total. The molecule has 0 unspecified atom stereocenters. The topological polar surface area (TPSA) is 12.0 Å². The molecule has 1 N–H and O–H groups in total. The van der Waals surface area contributed by atoms with Gasteiger partial charge in [0.25, 0.3) is 0 Å². The number of halogens is 1. The minimum atomic E-state index is 1.04. The highest BCUT2D eigenvalue weighted by Crippen LogP contribution is 2.21. The van der Waals surface area contributed by atoms with Crippen LogP contribution in [0.15, 0.2) is 0 Å². The molecule has 68 valence electrons. The zero-order chi connectivity index (χ0) is 8.53. The average Bonchev–Trinajstić information content (AvgIpc) is 2.07. The first-order valence-corrected chi connectivity index (χ1v) is 5.72. The molecule has 0 aromatic heterocycles. The van der Waals surface area contributed by atoms with E-state index in [0.29, 0.717) is 0 Å². The SMILES string of the molecule is CC1CCCCC1.CCNI. The molecule has 0 bridgehead atoms. The van der Waals surface area contributed by atoms with Crippen molar-refractivity contribution in [3.63, 3.8) is 0 Å².